The van der Waals surface area contributed by atoms with Crippen LogP contribution in [0, 0.1) is 6.92 Å². The largest absolute Gasteiger partial charge is 0.493 e. The summed E-state index contributed by atoms with van der Waals surface area (Å²) in [5, 5.41) is 1.12. The van der Waals surface area contributed by atoms with Crippen LogP contribution in [-0.2, 0) is 6.42 Å². The number of rotatable bonds is 2. The second-order valence-electron chi connectivity index (χ2n) is 6.86. The Bertz CT molecular complexity index is 1150. The van der Waals surface area contributed by atoms with Gasteiger partial charge in [0.1, 0.15) is 10.8 Å². The van der Waals surface area contributed by atoms with Crippen LogP contribution >= 0.6 is 11.3 Å². The fourth-order valence-corrected chi connectivity index (χ4v) is 4.58. The lowest BCUT2D eigenvalue weighted by Gasteiger charge is -2.24. The number of ether oxygens (including phenoxy) is 1. The molecule has 2 N–H and O–H groups in total. The first-order valence-electron chi connectivity index (χ1n) is 8.87. The normalized spacial score (nSPS) is 16.1. The topological polar surface area (TPSA) is 73.9 Å². The number of nitrogens with zero attached hydrogens (tertiary/aromatic N) is 3. The van der Waals surface area contributed by atoms with Crippen LogP contribution in [0.2, 0.25) is 0 Å². The molecule has 0 bridgehead atoms. The van der Waals surface area contributed by atoms with Crippen molar-refractivity contribution in [3.05, 3.63) is 64.8 Å². The Kier molecular flexibility index (Phi) is 3.79. The van der Waals surface area contributed by atoms with Crippen LogP contribution < -0.4 is 10.5 Å². The number of nitrogen functional groups attached to an aromatic ring is 1. The van der Waals surface area contributed by atoms with Gasteiger partial charge in [-0.3, -0.25) is 0 Å². The van der Waals surface area contributed by atoms with Crippen molar-refractivity contribution in [3.63, 3.8) is 0 Å². The number of anilines is 1. The molecular formula is C21H18N4OS. The van der Waals surface area contributed by atoms with E-state index in [1.54, 1.807) is 17.5 Å². The van der Waals surface area contributed by atoms with Crippen molar-refractivity contribution in [2.45, 2.75) is 19.3 Å². The minimum absolute atomic E-state index is 0.283. The zero-order chi connectivity index (χ0) is 18.4. The minimum atomic E-state index is 0.283. The fraction of sp³-hybridized carbons (Fsp3) is 0.190. The Morgan fingerprint density at radius 3 is 2.93 bits per heavy atom. The zero-order valence-electron chi connectivity index (χ0n) is 14.8. The van der Waals surface area contributed by atoms with E-state index in [1.807, 2.05) is 18.2 Å². The van der Waals surface area contributed by atoms with Crippen LogP contribution in [0.1, 0.15) is 22.1 Å². The van der Waals surface area contributed by atoms with Crippen molar-refractivity contribution < 1.29 is 4.74 Å². The molecule has 5 nitrogen and oxygen atoms in total. The highest BCUT2D eigenvalue weighted by atomic mass is 32.1. The van der Waals surface area contributed by atoms with Crippen LogP contribution in [0.5, 0.6) is 5.75 Å². The lowest BCUT2D eigenvalue weighted by molar-refractivity contribution is 0.262. The summed E-state index contributed by atoms with van der Waals surface area (Å²) in [5.41, 5.74) is 11.1. The summed E-state index contributed by atoms with van der Waals surface area (Å²) in [4.78, 5) is 13.1. The van der Waals surface area contributed by atoms with Crippen LogP contribution in [0.3, 0.4) is 0 Å². The summed E-state index contributed by atoms with van der Waals surface area (Å²) in [6.45, 7) is 2.79. The first kappa shape index (κ1) is 16.2. The first-order valence-corrected chi connectivity index (χ1v) is 9.69. The van der Waals surface area contributed by atoms with E-state index in [1.165, 1.54) is 11.1 Å². The Morgan fingerprint density at radius 1 is 1.11 bits per heavy atom. The van der Waals surface area contributed by atoms with Crippen molar-refractivity contribution in [3.8, 4) is 17.0 Å². The average Bonchev–Trinajstić information content (AvgIpc) is 3.10. The third kappa shape index (κ3) is 3.02. The third-order valence-corrected chi connectivity index (χ3v) is 6.03. The molecule has 3 heterocycles. The molecule has 1 aliphatic rings. The highest BCUT2D eigenvalue weighted by Crippen LogP contribution is 2.37. The highest BCUT2D eigenvalue weighted by Gasteiger charge is 2.24. The highest BCUT2D eigenvalue weighted by molar-refractivity contribution is 7.18. The Hall–Kier alpha value is -2.99. The molecule has 0 saturated heterocycles. The summed E-state index contributed by atoms with van der Waals surface area (Å²) in [6, 6.07) is 14.5. The molecule has 2 aromatic heterocycles. The van der Waals surface area contributed by atoms with Gasteiger partial charge in [-0.2, -0.15) is 0 Å². The molecule has 2 aromatic carbocycles. The van der Waals surface area contributed by atoms with Gasteiger partial charge >= 0.3 is 0 Å². The Balaban J connectivity index is 1.48. The van der Waals surface area contributed by atoms with E-state index in [-0.39, 0.29) is 11.9 Å². The van der Waals surface area contributed by atoms with Gasteiger partial charge < -0.3 is 10.5 Å². The van der Waals surface area contributed by atoms with Crippen molar-refractivity contribution in [2.75, 3.05) is 12.3 Å². The van der Waals surface area contributed by atoms with E-state index in [0.717, 1.165) is 38.7 Å². The molecule has 4 aromatic rings. The molecule has 0 fully saturated rings. The summed E-state index contributed by atoms with van der Waals surface area (Å²) in [7, 11) is 0. The molecule has 5 rings (SSSR count). The zero-order valence-corrected chi connectivity index (χ0v) is 15.7. The van der Waals surface area contributed by atoms with Crippen molar-refractivity contribution in [1.29, 1.82) is 0 Å². The maximum Gasteiger partial charge on any atom is 0.220 e. The molecule has 0 aliphatic carbocycles. The summed E-state index contributed by atoms with van der Waals surface area (Å²) in [5.74, 6) is 1.57. The van der Waals surface area contributed by atoms with E-state index in [2.05, 4.69) is 41.2 Å². The van der Waals surface area contributed by atoms with E-state index in [0.29, 0.717) is 6.61 Å². The number of aromatic nitrogens is 3. The van der Waals surface area contributed by atoms with Gasteiger partial charge in [-0.25, -0.2) is 15.0 Å². The first-order chi connectivity index (χ1) is 13.2. The molecule has 6 heteroatoms. The van der Waals surface area contributed by atoms with Gasteiger partial charge in [-0.05, 0) is 43.2 Å². The van der Waals surface area contributed by atoms with Crippen molar-refractivity contribution in [2.24, 2.45) is 0 Å². The molecule has 0 radical (unpaired) electrons. The lowest BCUT2D eigenvalue weighted by Crippen LogP contribution is -2.19. The van der Waals surface area contributed by atoms with Gasteiger partial charge in [0.05, 0.1) is 22.5 Å². The van der Waals surface area contributed by atoms with E-state index in [9.17, 15) is 0 Å². The average molecular weight is 374 g/mol. The van der Waals surface area contributed by atoms with Gasteiger partial charge in [0.15, 0.2) is 0 Å². The van der Waals surface area contributed by atoms with Gasteiger partial charge in [0, 0.05) is 17.7 Å². The van der Waals surface area contributed by atoms with Gasteiger partial charge in [-0.15, -0.1) is 11.3 Å². The quantitative estimate of drug-likeness (QED) is 0.564. The smallest absolute Gasteiger partial charge is 0.220 e. The van der Waals surface area contributed by atoms with Crippen molar-refractivity contribution >= 4 is 27.5 Å². The molecule has 0 amide bonds. The number of hydrogen-bond acceptors (Lipinski definition) is 6. The monoisotopic (exact) mass is 374 g/mol. The van der Waals surface area contributed by atoms with Crippen LogP contribution in [0.25, 0.3) is 21.5 Å². The maximum atomic E-state index is 5.98. The Labute approximate surface area is 160 Å². The number of nitrogens with two attached hydrogens (primary N) is 1. The van der Waals surface area contributed by atoms with Crippen LogP contribution in [0.4, 0.5) is 5.95 Å². The minimum Gasteiger partial charge on any atom is -0.493 e. The van der Waals surface area contributed by atoms with Crippen molar-refractivity contribution in [1.82, 2.24) is 15.0 Å². The molecule has 134 valence electrons. The van der Waals surface area contributed by atoms with Gasteiger partial charge in [0.25, 0.3) is 0 Å². The van der Waals surface area contributed by atoms with Gasteiger partial charge in [-0.1, -0.05) is 23.8 Å². The van der Waals surface area contributed by atoms with Crippen LogP contribution in [0.15, 0.2) is 48.7 Å². The summed E-state index contributed by atoms with van der Waals surface area (Å²) in [6.07, 6.45) is 2.64. The number of aryl methyl sites for hydroxylation is 1. The van der Waals surface area contributed by atoms with E-state index >= 15 is 0 Å². The Morgan fingerprint density at radius 2 is 2.04 bits per heavy atom. The number of hydrogen-bond donors (Lipinski definition) is 1. The predicted molar refractivity (Wildman–Crippen MR) is 108 cm³/mol. The summed E-state index contributed by atoms with van der Waals surface area (Å²) < 4.78 is 7.13. The molecule has 27 heavy (non-hydrogen) atoms. The second kappa shape index (κ2) is 6.32. The fourth-order valence-electron chi connectivity index (χ4n) is 3.49. The maximum absolute atomic E-state index is 5.98. The number of thiazole rings is 1. The number of benzene rings is 2. The SMILES string of the molecule is Cc1ccc2c(c1)CC(c1nc3ccc(-c4ccnc(N)n4)cc3s1)CO2. The second-order valence-corrected chi connectivity index (χ2v) is 7.92. The standard InChI is InChI=1S/C21H18N4OS/c1-12-2-5-18-14(8-12)9-15(11-26-18)20-24-17-4-3-13(10-19(17)27-20)16-6-7-23-21(22)25-16/h2-8,10,15H,9,11H2,1H3,(H2,22,23,25). The third-order valence-electron chi connectivity index (χ3n) is 4.85. The number of fused-ring (bicyclic) bond motifs is 2. The molecule has 1 unspecified atom stereocenters. The molecule has 0 spiro atoms. The molecule has 1 atom stereocenters. The van der Waals surface area contributed by atoms with Crippen LogP contribution in [-0.4, -0.2) is 21.6 Å². The summed E-state index contributed by atoms with van der Waals surface area (Å²) >= 11 is 1.73. The van der Waals surface area contributed by atoms with E-state index < -0.39 is 0 Å². The lowest BCUT2D eigenvalue weighted by atomic mass is 9.96. The predicted octanol–water partition coefficient (Wildman–Crippen LogP) is 4.36. The molecule has 0 saturated carbocycles. The molecule has 1 aliphatic heterocycles. The molecular weight excluding hydrogens is 356 g/mol. The van der Waals surface area contributed by atoms with Gasteiger partial charge in [0.2, 0.25) is 5.95 Å². The van der Waals surface area contributed by atoms with E-state index in [4.69, 9.17) is 15.5 Å².